The van der Waals surface area contributed by atoms with Gasteiger partial charge in [0.05, 0.1) is 19.6 Å². The number of carbonyl (C=O) groups excluding carboxylic acids is 1. The number of hydrogen-bond donors (Lipinski definition) is 1. The van der Waals surface area contributed by atoms with E-state index in [4.69, 9.17) is 4.74 Å². The highest BCUT2D eigenvalue weighted by molar-refractivity contribution is 5.74. The average Bonchev–Trinajstić information content (AvgIpc) is 2.46. The van der Waals surface area contributed by atoms with E-state index in [2.05, 4.69) is 5.32 Å². The van der Waals surface area contributed by atoms with Gasteiger partial charge in [0.15, 0.2) is 0 Å². The van der Waals surface area contributed by atoms with E-state index in [0.717, 1.165) is 0 Å². The van der Waals surface area contributed by atoms with Crippen molar-refractivity contribution in [1.29, 1.82) is 0 Å². The first-order valence-electron chi connectivity index (χ1n) is 7.79. The summed E-state index contributed by atoms with van der Waals surface area (Å²) in [7, 11) is 0. The smallest absolute Gasteiger partial charge is 0.378 e. The number of nitrogens with one attached hydrogen (secondary N) is 1. The van der Waals surface area contributed by atoms with Crippen LogP contribution in [0.15, 0.2) is 0 Å². The SMILES string of the molecule is C[C@H](CC(F)(F)F)NC1CCN(C(=O)N2CCOCC2)CC1. The van der Waals surface area contributed by atoms with Crippen LogP contribution in [-0.4, -0.2) is 73.5 Å². The minimum Gasteiger partial charge on any atom is -0.378 e. The molecule has 0 saturated carbocycles. The molecule has 5 nitrogen and oxygen atoms in total. The molecule has 0 unspecified atom stereocenters. The van der Waals surface area contributed by atoms with Gasteiger partial charge in [0.2, 0.25) is 0 Å². The summed E-state index contributed by atoms with van der Waals surface area (Å²) in [6.45, 7) is 5.09. The number of ether oxygens (including phenoxy) is 1. The zero-order chi connectivity index (χ0) is 16.2. The number of hydrogen-bond acceptors (Lipinski definition) is 3. The number of rotatable bonds is 3. The zero-order valence-electron chi connectivity index (χ0n) is 12.9. The molecule has 0 aliphatic carbocycles. The maximum atomic E-state index is 12.3. The lowest BCUT2D eigenvalue weighted by atomic mass is 10.0. The number of halogens is 3. The van der Waals surface area contributed by atoms with Gasteiger partial charge in [-0.2, -0.15) is 13.2 Å². The number of amides is 2. The van der Waals surface area contributed by atoms with E-state index in [9.17, 15) is 18.0 Å². The number of piperidine rings is 1. The molecule has 0 aromatic rings. The van der Waals surface area contributed by atoms with Crippen molar-refractivity contribution in [3.8, 4) is 0 Å². The van der Waals surface area contributed by atoms with Crippen LogP contribution >= 0.6 is 0 Å². The minimum absolute atomic E-state index is 0.0186. The van der Waals surface area contributed by atoms with Crippen LogP contribution in [-0.2, 0) is 4.74 Å². The number of nitrogens with zero attached hydrogens (tertiary/aromatic N) is 2. The zero-order valence-corrected chi connectivity index (χ0v) is 12.9. The third-order valence-electron chi connectivity index (χ3n) is 4.10. The molecule has 1 N–H and O–H groups in total. The van der Waals surface area contributed by atoms with Crippen LogP contribution in [0.1, 0.15) is 26.2 Å². The number of alkyl halides is 3. The summed E-state index contributed by atoms with van der Waals surface area (Å²) in [4.78, 5) is 15.9. The topological polar surface area (TPSA) is 44.8 Å². The third kappa shape index (κ3) is 5.31. The molecular formula is C14H24F3N3O2. The second-order valence-electron chi connectivity index (χ2n) is 6.03. The highest BCUT2D eigenvalue weighted by atomic mass is 19.4. The van der Waals surface area contributed by atoms with Crippen molar-refractivity contribution in [3.63, 3.8) is 0 Å². The van der Waals surface area contributed by atoms with Crippen molar-refractivity contribution in [2.45, 2.75) is 44.4 Å². The maximum absolute atomic E-state index is 12.3. The van der Waals surface area contributed by atoms with E-state index in [1.54, 1.807) is 16.7 Å². The van der Waals surface area contributed by atoms with E-state index >= 15 is 0 Å². The normalized spacial score (nSPS) is 22.7. The predicted octanol–water partition coefficient (Wildman–Crippen LogP) is 1.83. The monoisotopic (exact) mass is 323 g/mol. The van der Waals surface area contributed by atoms with Gasteiger partial charge in [-0.3, -0.25) is 0 Å². The van der Waals surface area contributed by atoms with Gasteiger partial charge in [0, 0.05) is 38.3 Å². The number of carbonyl (C=O) groups is 1. The highest BCUT2D eigenvalue weighted by Gasteiger charge is 2.32. The molecule has 2 amide bonds. The number of morpholine rings is 1. The molecule has 0 spiro atoms. The quantitative estimate of drug-likeness (QED) is 0.862. The summed E-state index contributed by atoms with van der Waals surface area (Å²) in [6.07, 6.45) is -3.57. The second kappa shape index (κ2) is 7.50. The highest BCUT2D eigenvalue weighted by Crippen LogP contribution is 2.22. The van der Waals surface area contributed by atoms with E-state index in [-0.39, 0.29) is 12.1 Å². The lowest BCUT2D eigenvalue weighted by Crippen LogP contribution is -2.53. The molecule has 2 aliphatic rings. The van der Waals surface area contributed by atoms with E-state index in [0.29, 0.717) is 52.2 Å². The van der Waals surface area contributed by atoms with E-state index in [1.807, 2.05) is 0 Å². The van der Waals surface area contributed by atoms with Gasteiger partial charge in [-0.05, 0) is 19.8 Å². The van der Waals surface area contributed by atoms with Gasteiger partial charge in [-0.15, -0.1) is 0 Å². The van der Waals surface area contributed by atoms with Crippen molar-refractivity contribution in [2.75, 3.05) is 39.4 Å². The van der Waals surface area contributed by atoms with Gasteiger partial charge in [0.25, 0.3) is 0 Å². The fourth-order valence-corrected chi connectivity index (χ4v) is 3.00. The number of urea groups is 1. The molecule has 128 valence electrons. The number of likely N-dealkylation sites (tertiary alicyclic amines) is 1. The fourth-order valence-electron chi connectivity index (χ4n) is 3.00. The Labute approximate surface area is 128 Å². The molecule has 1 atom stereocenters. The third-order valence-corrected chi connectivity index (χ3v) is 4.10. The summed E-state index contributed by atoms with van der Waals surface area (Å²) < 4.78 is 42.2. The van der Waals surface area contributed by atoms with Crippen molar-refractivity contribution >= 4 is 6.03 Å². The molecule has 0 aromatic heterocycles. The summed E-state index contributed by atoms with van der Waals surface area (Å²) in [6, 6.07) is -0.525. The predicted molar refractivity (Wildman–Crippen MR) is 75.7 cm³/mol. The Morgan fingerprint density at radius 2 is 1.73 bits per heavy atom. The van der Waals surface area contributed by atoms with Crippen molar-refractivity contribution in [2.24, 2.45) is 0 Å². The molecule has 22 heavy (non-hydrogen) atoms. The molecule has 2 rings (SSSR count). The van der Waals surface area contributed by atoms with Crippen LogP contribution in [0.3, 0.4) is 0 Å². The molecular weight excluding hydrogens is 299 g/mol. The molecule has 0 aromatic carbocycles. The minimum atomic E-state index is -4.14. The molecule has 0 radical (unpaired) electrons. The molecule has 2 aliphatic heterocycles. The van der Waals surface area contributed by atoms with Crippen LogP contribution in [0, 0.1) is 0 Å². The Balaban J connectivity index is 1.72. The summed E-state index contributed by atoms with van der Waals surface area (Å²) >= 11 is 0. The van der Waals surface area contributed by atoms with Crippen LogP contribution in [0.5, 0.6) is 0 Å². The average molecular weight is 323 g/mol. The van der Waals surface area contributed by atoms with Crippen LogP contribution in [0.2, 0.25) is 0 Å². The first-order chi connectivity index (χ1) is 10.3. The molecule has 2 heterocycles. The van der Waals surface area contributed by atoms with Crippen molar-refractivity contribution in [3.05, 3.63) is 0 Å². The molecule has 2 fully saturated rings. The van der Waals surface area contributed by atoms with Gasteiger partial charge in [-0.25, -0.2) is 4.79 Å². The van der Waals surface area contributed by atoms with Crippen LogP contribution in [0.25, 0.3) is 0 Å². The molecule has 2 saturated heterocycles. The maximum Gasteiger partial charge on any atom is 0.390 e. The van der Waals surface area contributed by atoms with Crippen LogP contribution < -0.4 is 5.32 Å². The van der Waals surface area contributed by atoms with Crippen LogP contribution in [0.4, 0.5) is 18.0 Å². The Morgan fingerprint density at radius 1 is 1.18 bits per heavy atom. The van der Waals surface area contributed by atoms with Crippen molar-refractivity contribution < 1.29 is 22.7 Å². The largest absolute Gasteiger partial charge is 0.390 e. The fraction of sp³-hybridized carbons (Fsp3) is 0.929. The molecule has 8 heteroatoms. The first-order valence-corrected chi connectivity index (χ1v) is 7.79. The lowest BCUT2D eigenvalue weighted by molar-refractivity contribution is -0.139. The van der Waals surface area contributed by atoms with Gasteiger partial charge in [-0.1, -0.05) is 0 Å². The van der Waals surface area contributed by atoms with Gasteiger partial charge in [0.1, 0.15) is 0 Å². The Morgan fingerprint density at radius 3 is 2.27 bits per heavy atom. The second-order valence-corrected chi connectivity index (χ2v) is 6.03. The van der Waals surface area contributed by atoms with Crippen molar-refractivity contribution in [1.82, 2.24) is 15.1 Å². The first kappa shape index (κ1) is 17.3. The Kier molecular flexibility index (Phi) is 5.91. The van der Waals surface area contributed by atoms with Gasteiger partial charge < -0.3 is 19.9 Å². The lowest BCUT2D eigenvalue weighted by Gasteiger charge is -2.38. The summed E-state index contributed by atoms with van der Waals surface area (Å²) in [5.41, 5.74) is 0. The van der Waals surface area contributed by atoms with E-state index < -0.39 is 18.6 Å². The standard InChI is InChI=1S/C14H24F3N3O2/c1-11(10-14(15,16)17)18-12-2-4-19(5-3-12)13(21)20-6-8-22-9-7-20/h11-12,18H,2-10H2,1H3/t11-/m1/s1. The van der Waals surface area contributed by atoms with E-state index in [1.165, 1.54) is 0 Å². The van der Waals surface area contributed by atoms with Gasteiger partial charge >= 0.3 is 12.2 Å². The Bertz CT molecular complexity index is 365. The Hall–Kier alpha value is -1.02. The molecule has 0 bridgehead atoms. The summed E-state index contributed by atoms with van der Waals surface area (Å²) in [5.74, 6) is 0. The summed E-state index contributed by atoms with van der Waals surface area (Å²) in [5, 5.41) is 3.02.